The lowest BCUT2D eigenvalue weighted by Crippen LogP contribution is -2.53. The molecule has 5 heteroatoms. The van der Waals surface area contributed by atoms with Crippen LogP contribution in [-0.4, -0.2) is 53.8 Å². The van der Waals surface area contributed by atoms with Crippen LogP contribution < -0.4 is 5.73 Å². The number of carbonyl (C=O) groups is 2. The van der Waals surface area contributed by atoms with E-state index in [4.69, 9.17) is 5.73 Å². The molecule has 2 N–H and O–H groups in total. The maximum atomic E-state index is 12.9. The molecule has 1 saturated heterocycles. The van der Waals surface area contributed by atoms with E-state index in [9.17, 15) is 9.59 Å². The highest BCUT2D eigenvalue weighted by Gasteiger charge is 2.30. The number of rotatable bonds is 5. The van der Waals surface area contributed by atoms with Crippen LogP contribution >= 0.6 is 0 Å². The molecule has 0 bridgehead atoms. The fourth-order valence-electron chi connectivity index (χ4n) is 3.20. The molecule has 5 nitrogen and oxygen atoms in total. The van der Waals surface area contributed by atoms with Crippen molar-refractivity contribution in [3.8, 4) is 0 Å². The van der Waals surface area contributed by atoms with Gasteiger partial charge in [0.05, 0.1) is 6.04 Å². The third-order valence-electron chi connectivity index (χ3n) is 5.08. The highest BCUT2D eigenvalue weighted by atomic mass is 16.2. The fraction of sp³-hybridized carbons (Fsp3) is 0.579. The first-order chi connectivity index (χ1) is 11.3. The predicted molar refractivity (Wildman–Crippen MR) is 95.9 cm³/mol. The van der Waals surface area contributed by atoms with Gasteiger partial charge in [-0.1, -0.05) is 26.0 Å². The van der Waals surface area contributed by atoms with Gasteiger partial charge in [0.2, 0.25) is 5.91 Å². The Kier molecular flexibility index (Phi) is 5.99. The van der Waals surface area contributed by atoms with Crippen LogP contribution in [0.4, 0.5) is 0 Å². The Morgan fingerprint density at radius 1 is 1.29 bits per heavy atom. The second-order valence-corrected chi connectivity index (χ2v) is 7.07. The normalized spacial score (nSPS) is 19.6. The smallest absolute Gasteiger partial charge is 0.253 e. The van der Waals surface area contributed by atoms with Crippen molar-refractivity contribution in [1.29, 1.82) is 0 Å². The van der Waals surface area contributed by atoms with Crippen molar-refractivity contribution in [1.82, 2.24) is 9.80 Å². The van der Waals surface area contributed by atoms with Crippen molar-refractivity contribution in [2.45, 2.75) is 51.6 Å². The topological polar surface area (TPSA) is 66.6 Å². The van der Waals surface area contributed by atoms with Crippen molar-refractivity contribution in [2.24, 2.45) is 5.73 Å². The van der Waals surface area contributed by atoms with Gasteiger partial charge in [-0.3, -0.25) is 14.5 Å². The first kappa shape index (κ1) is 18.5. The average molecular weight is 331 g/mol. The maximum Gasteiger partial charge on any atom is 0.253 e. The van der Waals surface area contributed by atoms with E-state index in [2.05, 4.69) is 19.9 Å². The van der Waals surface area contributed by atoms with Gasteiger partial charge in [0.25, 0.3) is 5.91 Å². The van der Waals surface area contributed by atoms with Crippen LogP contribution in [0.3, 0.4) is 0 Å². The summed E-state index contributed by atoms with van der Waals surface area (Å²) >= 11 is 0. The fourth-order valence-corrected chi connectivity index (χ4v) is 3.20. The van der Waals surface area contributed by atoms with Gasteiger partial charge in [-0.25, -0.2) is 0 Å². The van der Waals surface area contributed by atoms with Gasteiger partial charge < -0.3 is 10.6 Å². The minimum atomic E-state index is -0.328. The van der Waals surface area contributed by atoms with E-state index in [0.29, 0.717) is 12.5 Å². The number of likely N-dealkylation sites (N-methyl/N-ethyl adjacent to an activating group) is 1. The van der Waals surface area contributed by atoms with Gasteiger partial charge in [0.1, 0.15) is 0 Å². The first-order valence-electron chi connectivity index (χ1n) is 8.71. The van der Waals surface area contributed by atoms with Gasteiger partial charge in [-0.2, -0.15) is 0 Å². The van der Waals surface area contributed by atoms with Gasteiger partial charge in [0, 0.05) is 24.7 Å². The zero-order valence-corrected chi connectivity index (χ0v) is 15.2. The molecular weight excluding hydrogens is 302 g/mol. The molecule has 1 aliphatic rings. The quantitative estimate of drug-likeness (QED) is 0.899. The standard InChI is InChI=1S/C19H29N3O2/c1-13(2)15-7-5-8-16(11-15)19(24)22-10-6-9-17(12-22)21(4)14(3)18(20)23/h5,7-8,11,13-14,17H,6,9-10,12H2,1-4H3,(H2,20,23). The van der Waals surface area contributed by atoms with Crippen molar-refractivity contribution in [2.75, 3.05) is 20.1 Å². The zero-order valence-electron chi connectivity index (χ0n) is 15.2. The number of likely N-dealkylation sites (tertiary alicyclic amines) is 1. The number of nitrogens with two attached hydrogens (primary N) is 1. The van der Waals surface area contributed by atoms with Crippen LogP contribution in [0.25, 0.3) is 0 Å². The number of benzene rings is 1. The minimum absolute atomic E-state index is 0.0716. The molecule has 0 saturated carbocycles. The Morgan fingerprint density at radius 3 is 2.62 bits per heavy atom. The number of nitrogens with zero attached hydrogens (tertiary/aromatic N) is 2. The molecule has 1 aromatic carbocycles. The van der Waals surface area contributed by atoms with Crippen molar-refractivity contribution in [3.05, 3.63) is 35.4 Å². The van der Waals surface area contributed by atoms with Crippen LogP contribution in [0.2, 0.25) is 0 Å². The van der Waals surface area contributed by atoms with Gasteiger partial charge >= 0.3 is 0 Å². The van der Waals surface area contributed by atoms with Crippen molar-refractivity contribution < 1.29 is 9.59 Å². The molecule has 2 rings (SSSR count). The van der Waals surface area contributed by atoms with Crippen molar-refractivity contribution >= 4 is 11.8 Å². The lowest BCUT2D eigenvalue weighted by Gasteiger charge is -2.39. The molecule has 0 aliphatic carbocycles. The molecule has 1 heterocycles. The SMILES string of the molecule is CC(C)c1cccc(C(=O)N2CCCC(N(C)C(C)C(N)=O)C2)c1. The Balaban J connectivity index is 2.10. The molecule has 0 aromatic heterocycles. The molecule has 2 amide bonds. The van der Waals surface area contributed by atoms with Crippen LogP contribution in [0, 0.1) is 0 Å². The third-order valence-corrected chi connectivity index (χ3v) is 5.08. The molecule has 1 fully saturated rings. The third kappa shape index (κ3) is 4.15. The molecule has 0 spiro atoms. The Labute approximate surface area is 144 Å². The summed E-state index contributed by atoms with van der Waals surface area (Å²) in [7, 11) is 1.91. The summed E-state index contributed by atoms with van der Waals surface area (Å²) in [6.45, 7) is 7.47. The second-order valence-electron chi connectivity index (χ2n) is 7.07. The Hall–Kier alpha value is -1.88. The molecule has 2 atom stereocenters. The van der Waals surface area contributed by atoms with Crippen LogP contribution in [0.5, 0.6) is 0 Å². The van der Waals surface area contributed by atoms with Gasteiger partial charge in [-0.15, -0.1) is 0 Å². The first-order valence-corrected chi connectivity index (χ1v) is 8.71. The molecule has 1 aromatic rings. The van der Waals surface area contributed by atoms with Gasteiger partial charge in [0.15, 0.2) is 0 Å². The Bertz CT molecular complexity index is 600. The lowest BCUT2D eigenvalue weighted by molar-refractivity contribution is -0.123. The number of hydrogen-bond acceptors (Lipinski definition) is 3. The summed E-state index contributed by atoms with van der Waals surface area (Å²) in [5, 5.41) is 0. The van der Waals surface area contributed by atoms with E-state index in [1.54, 1.807) is 0 Å². The average Bonchev–Trinajstić information content (AvgIpc) is 2.59. The molecule has 132 valence electrons. The number of piperidine rings is 1. The number of primary amides is 1. The van der Waals surface area contributed by atoms with Crippen LogP contribution in [0.15, 0.2) is 24.3 Å². The lowest BCUT2D eigenvalue weighted by atomic mass is 9.99. The second kappa shape index (κ2) is 7.79. The van der Waals surface area contributed by atoms with E-state index < -0.39 is 0 Å². The van der Waals surface area contributed by atoms with E-state index in [0.717, 1.165) is 24.9 Å². The Morgan fingerprint density at radius 2 is 2.00 bits per heavy atom. The summed E-state index contributed by atoms with van der Waals surface area (Å²) < 4.78 is 0. The van der Waals surface area contributed by atoms with Crippen LogP contribution in [0.1, 0.15) is 55.5 Å². The molecule has 24 heavy (non-hydrogen) atoms. The van der Waals surface area contributed by atoms with E-state index in [-0.39, 0.29) is 23.9 Å². The van der Waals surface area contributed by atoms with Crippen molar-refractivity contribution in [3.63, 3.8) is 0 Å². The molecular formula is C19H29N3O2. The van der Waals surface area contributed by atoms with E-state index >= 15 is 0 Å². The summed E-state index contributed by atoms with van der Waals surface area (Å²) in [5.41, 5.74) is 7.33. The largest absolute Gasteiger partial charge is 0.368 e. The number of hydrogen-bond donors (Lipinski definition) is 1. The maximum absolute atomic E-state index is 12.9. The molecule has 1 aliphatic heterocycles. The zero-order chi connectivity index (χ0) is 17.9. The molecule has 2 unspecified atom stereocenters. The van der Waals surface area contributed by atoms with E-state index in [1.165, 1.54) is 5.56 Å². The summed E-state index contributed by atoms with van der Waals surface area (Å²) in [6, 6.07) is 7.72. The van der Waals surface area contributed by atoms with Crippen LogP contribution in [-0.2, 0) is 4.79 Å². The summed E-state index contributed by atoms with van der Waals surface area (Å²) in [5.74, 6) is 0.141. The summed E-state index contributed by atoms with van der Waals surface area (Å²) in [4.78, 5) is 28.2. The predicted octanol–water partition coefficient (Wildman–Crippen LogP) is 2.22. The highest BCUT2D eigenvalue weighted by Crippen LogP contribution is 2.21. The van der Waals surface area contributed by atoms with E-state index in [1.807, 2.05) is 42.0 Å². The number of amides is 2. The minimum Gasteiger partial charge on any atom is -0.368 e. The van der Waals surface area contributed by atoms with Gasteiger partial charge in [-0.05, 0) is 50.4 Å². The summed E-state index contributed by atoms with van der Waals surface area (Å²) in [6.07, 6.45) is 1.92. The molecule has 0 radical (unpaired) electrons. The number of carbonyl (C=O) groups excluding carboxylic acids is 2. The highest BCUT2D eigenvalue weighted by molar-refractivity contribution is 5.94. The monoisotopic (exact) mass is 331 g/mol.